The van der Waals surface area contributed by atoms with E-state index in [0.717, 1.165) is 135 Å². The van der Waals surface area contributed by atoms with E-state index in [1.807, 2.05) is 36.4 Å². The second kappa shape index (κ2) is 41.1. The average Bonchev–Trinajstić information content (AvgIpc) is 1.57. The maximum absolute atomic E-state index is 6.71. The zero-order chi connectivity index (χ0) is 95.3. The third kappa shape index (κ3) is 21.2. The van der Waals surface area contributed by atoms with E-state index in [9.17, 15) is 0 Å². The molecule has 0 atom stereocenters. The fourth-order valence-corrected chi connectivity index (χ4v) is 21.8. The SMILES string of the molecule is CC(C)Cc1cc(-c2[c-]cccc2)ncc1[Si](C)(C)C.CC(C)Cc1cc(-c2[c-]cccc2)ncc1[Si](C)(C)C.Cc1c[c-]c(-c2nc3ccccc3n2-c2c(C(C)C)cc(-c3ccc4ccccc4c3)cc2C(C)C)c2oc3nc(C(C)(C)C)ccc3c12.Cc1c[c-]c(-c2nc3ccccc3n2-c2c(C(C)C)cc(-c3ccccc3)cc2C(C)C)c2oc3nc(C(C)(C)C)ccc3c12.[Ir].[Ir]. The fourth-order valence-electron chi connectivity index (χ4n) is 18.7. The molecule has 0 unspecified atom stereocenters. The average molecular weight is 2180 g/mol. The number of benzene rings is 11. The van der Waals surface area contributed by atoms with Gasteiger partial charge >= 0.3 is 0 Å². The molecule has 0 amide bonds. The summed E-state index contributed by atoms with van der Waals surface area (Å²) in [5.41, 5.74) is 32.2. The zero-order valence-electron chi connectivity index (χ0n) is 84.2. The molecule has 8 heterocycles. The summed E-state index contributed by atoms with van der Waals surface area (Å²) in [5, 5.41) is 9.65. The first-order chi connectivity index (χ1) is 63.8. The van der Waals surface area contributed by atoms with E-state index < -0.39 is 16.1 Å². The molecule has 136 heavy (non-hydrogen) atoms. The van der Waals surface area contributed by atoms with Crippen LogP contribution in [0.15, 0.2) is 264 Å². The molecule has 8 aromatic heterocycles. The van der Waals surface area contributed by atoms with E-state index in [4.69, 9.17) is 28.8 Å². The number of nitrogens with zero attached hydrogens (tertiary/aromatic N) is 8. The van der Waals surface area contributed by atoms with E-state index in [1.165, 1.54) is 88.2 Å². The molecule has 0 aliphatic rings. The first-order valence-electron chi connectivity index (χ1n) is 48.1. The molecular weight excluding hydrogens is 2050 g/mol. The van der Waals surface area contributed by atoms with Crippen molar-refractivity contribution in [1.29, 1.82) is 0 Å². The number of rotatable bonds is 18. The van der Waals surface area contributed by atoms with Crippen LogP contribution in [-0.2, 0) is 63.9 Å². The van der Waals surface area contributed by atoms with Crippen molar-refractivity contribution in [2.45, 2.75) is 225 Å². The van der Waals surface area contributed by atoms with E-state index in [1.54, 1.807) is 0 Å². The molecule has 0 saturated carbocycles. The maximum Gasteiger partial charge on any atom is 0.216 e. The van der Waals surface area contributed by atoms with Gasteiger partial charge in [-0.3, -0.25) is 9.97 Å². The van der Waals surface area contributed by atoms with Crippen LogP contribution >= 0.6 is 0 Å². The van der Waals surface area contributed by atoms with Crippen LogP contribution in [0.3, 0.4) is 0 Å². The molecule has 11 aromatic carbocycles. The van der Waals surface area contributed by atoms with Gasteiger partial charge < -0.3 is 27.9 Å². The van der Waals surface area contributed by atoms with Gasteiger partial charge in [-0.1, -0.05) is 314 Å². The van der Waals surface area contributed by atoms with Crippen LogP contribution in [0.2, 0.25) is 39.3 Å². The summed E-state index contributed by atoms with van der Waals surface area (Å²) in [5.74, 6) is 4.06. The Balaban J connectivity index is 0.000000156. The van der Waals surface area contributed by atoms with Gasteiger partial charge in [0.15, 0.2) is 0 Å². The van der Waals surface area contributed by atoms with Crippen molar-refractivity contribution in [3.05, 3.63) is 335 Å². The number of aromatic nitrogens is 8. The standard InChI is InChI=1S/C45H42N3O.C41H40N3O.2C18H24NSi.2Ir/c1-26(2)35-24-32(31-19-18-29-13-9-10-14-30(29)23-31)25-36(27(3)4)41(35)48-38-16-12-11-15-37(38)46-43(48)34-20-17-28(5)40-33-21-22-39(45(6,7)8)47-44(33)49-42(34)40;1-24(2)31-22-28(27-14-10-9-11-15-27)23-32(25(3)4)37(31)44-34-17-13-12-16-33(34)42-39(44)30-19-18-26(5)36-29-20-21-35(41(6,7)8)43-40(29)45-38(30)36;2*1-14(2)11-16-12-17(15-9-7-6-8-10-15)19-13-18(16)20(3,4)5;;/h9-19,21-27H,1-8H3;9-18,20-25H,1-8H3;2*6-9,12-14H,11H2,1-5H3;;/q4*-1;;. The van der Waals surface area contributed by atoms with Crippen molar-refractivity contribution in [2.24, 2.45) is 11.8 Å². The molecule has 0 saturated heterocycles. The van der Waals surface area contributed by atoms with Crippen molar-refractivity contribution >= 4 is 103 Å². The van der Waals surface area contributed by atoms with E-state index >= 15 is 0 Å². The topological polar surface area (TPSA) is 113 Å². The van der Waals surface area contributed by atoms with E-state index in [-0.39, 0.29) is 74.7 Å². The third-order valence-corrected chi connectivity index (χ3v) is 29.7. The molecule has 2 radical (unpaired) electrons. The van der Waals surface area contributed by atoms with Crippen LogP contribution in [0.25, 0.3) is 156 Å². The summed E-state index contributed by atoms with van der Waals surface area (Å²) >= 11 is 0. The van der Waals surface area contributed by atoms with Crippen LogP contribution in [0.1, 0.15) is 204 Å². The molecule has 0 fully saturated rings. The predicted molar refractivity (Wildman–Crippen MR) is 573 cm³/mol. The van der Waals surface area contributed by atoms with Crippen molar-refractivity contribution in [1.82, 2.24) is 39.0 Å². The molecule has 0 spiro atoms. The molecule has 14 heteroatoms. The van der Waals surface area contributed by atoms with Gasteiger partial charge in [-0.2, -0.15) is 0 Å². The normalized spacial score (nSPS) is 12.1. The molecule has 19 aromatic rings. The second-order valence-electron chi connectivity index (χ2n) is 42.7. The molecule has 19 rings (SSSR count). The zero-order valence-corrected chi connectivity index (χ0v) is 91.0. The molecule has 700 valence electrons. The van der Waals surface area contributed by atoms with Gasteiger partial charge in [-0.25, -0.2) is 9.97 Å². The van der Waals surface area contributed by atoms with Crippen LogP contribution in [0.4, 0.5) is 0 Å². The van der Waals surface area contributed by atoms with Gasteiger partial charge in [-0.05, 0) is 204 Å². The number of pyridine rings is 4. The Hall–Kier alpha value is -11.4. The minimum Gasteiger partial charge on any atom is -0.486 e. The summed E-state index contributed by atoms with van der Waals surface area (Å²) in [6.45, 7) is 59.1. The van der Waals surface area contributed by atoms with Crippen LogP contribution in [-0.4, -0.2) is 55.2 Å². The van der Waals surface area contributed by atoms with Crippen LogP contribution in [0, 0.1) is 49.9 Å². The Labute approximate surface area is 835 Å². The molecule has 0 N–H and O–H groups in total. The number of hydrogen-bond donors (Lipinski definition) is 0. The summed E-state index contributed by atoms with van der Waals surface area (Å²) in [6, 6.07) is 99.6. The first-order valence-corrected chi connectivity index (χ1v) is 55.1. The molecular formula is C122H130Ir2N8O2Si2-4. The number of imidazole rings is 2. The maximum atomic E-state index is 6.71. The number of furan rings is 2. The first kappa shape index (κ1) is 100. The molecule has 0 aliphatic heterocycles. The monoisotopic (exact) mass is 2180 g/mol. The minimum absolute atomic E-state index is 0. The second-order valence-corrected chi connectivity index (χ2v) is 52.8. The Kier molecular flexibility index (Phi) is 30.3. The van der Waals surface area contributed by atoms with Gasteiger partial charge in [0, 0.05) is 97.0 Å². The van der Waals surface area contributed by atoms with Gasteiger partial charge in [0.2, 0.25) is 11.4 Å². The summed E-state index contributed by atoms with van der Waals surface area (Å²) < 4.78 is 18.1. The van der Waals surface area contributed by atoms with Crippen LogP contribution < -0.4 is 10.4 Å². The Morgan fingerprint density at radius 1 is 0.368 bits per heavy atom. The summed E-state index contributed by atoms with van der Waals surface area (Å²) in [7, 11) is -2.68. The Bertz CT molecular complexity index is 7350. The van der Waals surface area contributed by atoms with E-state index in [0.29, 0.717) is 23.3 Å². The molecule has 0 aliphatic carbocycles. The number of fused-ring (bicyclic) bond motifs is 9. The smallest absolute Gasteiger partial charge is 0.216 e. The summed E-state index contributed by atoms with van der Waals surface area (Å²) in [4.78, 5) is 30.0. The van der Waals surface area contributed by atoms with Gasteiger partial charge in [0.25, 0.3) is 0 Å². The quantitative estimate of drug-likeness (QED) is 0.0617. The van der Waals surface area contributed by atoms with Gasteiger partial charge in [-0.15, -0.1) is 107 Å². The van der Waals surface area contributed by atoms with Crippen molar-refractivity contribution in [3.8, 4) is 78.9 Å². The number of hydrogen-bond acceptors (Lipinski definition) is 8. The minimum atomic E-state index is -1.34. The summed E-state index contributed by atoms with van der Waals surface area (Å²) in [6.07, 6.45) is 6.48. The van der Waals surface area contributed by atoms with Gasteiger partial charge in [0.1, 0.15) is 0 Å². The van der Waals surface area contributed by atoms with Gasteiger partial charge in [0.05, 0.1) is 61.0 Å². The van der Waals surface area contributed by atoms with Crippen molar-refractivity contribution in [2.75, 3.05) is 0 Å². The number of para-hydroxylation sites is 4. The predicted octanol–water partition coefficient (Wildman–Crippen LogP) is 32.3. The molecule has 0 bridgehead atoms. The largest absolute Gasteiger partial charge is 0.486 e. The fraction of sp³-hybridized carbons (Fsp3) is 0.295. The van der Waals surface area contributed by atoms with E-state index in [2.05, 4.69) is 440 Å². The van der Waals surface area contributed by atoms with Crippen molar-refractivity contribution < 1.29 is 49.0 Å². The third-order valence-electron chi connectivity index (χ3n) is 25.6. The number of aryl methyl sites for hydroxylation is 2. The Morgan fingerprint density at radius 3 is 1.12 bits per heavy atom. The Morgan fingerprint density at radius 2 is 0.743 bits per heavy atom. The van der Waals surface area contributed by atoms with Crippen molar-refractivity contribution in [3.63, 3.8) is 0 Å². The van der Waals surface area contributed by atoms with Crippen LogP contribution in [0.5, 0.6) is 0 Å². The molecule has 10 nitrogen and oxygen atoms in total.